The summed E-state index contributed by atoms with van der Waals surface area (Å²) in [6.07, 6.45) is 1.67. The molecule has 4 rings (SSSR count). The summed E-state index contributed by atoms with van der Waals surface area (Å²) in [5.41, 5.74) is 1.48. The minimum atomic E-state index is -0.566. The molecule has 2 aromatic carbocycles. The van der Waals surface area contributed by atoms with Gasteiger partial charge in [0.1, 0.15) is 5.75 Å². The van der Waals surface area contributed by atoms with E-state index in [1.165, 1.54) is 6.92 Å². The molecule has 2 aromatic rings. The molecule has 2 fully saturated rings. The van der Waals surface area contributed by atoms with E-state index in [9.17, 15) is 14.7 Å². The number of piperidine rings is 1. The number of nitrogens with one attached hydrogen (secondary N) is 1. The molecule has 0 spiro atoms. The van der Waals surface area contributed by atoms with Crippen LogP contribution in [0.15, 0.2) is 42.5 Å². The largest absolute Gasteiger partial charge is 0.427 e. The third kappa shape index (κ3) is 5.41. The van der Waals surface area contributed by atoms with Crippen molar-refractivity contribution in [1.82, 2.24) is 10.2 Å². The van der Waals surface area contributed by atoms with Gasteiger partial charge >= 0.3 is 5.97 Å². The fourth-order valence-electron chi connectivity index (χ4n) is 5.63. The van der Waals surface area contributed by atoms with Crippen molar-refractivity contribution >= 4 is 35.1 Å². The Hall–Kier alpha value is -2.12. The number of benzene rings is 2. The van der Waals surface area contributed by atoms with E-state index in [-0.39, 0.29) is 35.7 Å². The second-order valence-electron chi connectivity index (χ2n) is 9.59. The van der Waals surface area contributed by atoms with E-state index in [1.807, 2.05) is 18.2 Å². The molecule has 3 unspecified atom stereocenters. The number of likely N-dealkylation sites (tertiary alicyclic amines) is 1. The van der Waals surface area contributed by atoms with Crippen LogP contribution in [0.1, 0.15) is 37.3 Å². The number of fused-ring (bicyclic) bond motifs is 1. The number of nitrogens with zero attached hydrogens (tertiary/aromatic N) is 1. The van der Waals surface area contributed by atoms with Crippen molar-refractivity contribution in [3.8, 4) is 5.75 Å². The van der Waals surface area contributed by atoms with E-state index in [2.05, 4.69) is 17.3 Å². The van der Waals surface area contributed by atoms with E-state index >= 15 is 0 Å². The van der Waals surface area contributed by atoms with Crippen LogP contribution in [0.4, 0.5) is 0 Å². The number of rotatable bonds is 5. The quantitative estimate of drug-likeness (QED) is 0.475. The number of ether oxygens (including phenoxy) is 1. The van der Waals surface area contributed by atoms with Crippen LogP contribution in [-0.4, -0.2) is 54.2 Å². The van der Waals surface area contributed by atoms with Crippen LogP contribution in [0.5, 0.6) is 5.75 Å². The first-order valence-electron chi connectivity index (χ1n) is 11.5. The molecule has 4 atom stereocenters. The SMILES string of the molecule is CC(=O)Oc1cccc(C23CCN(C)CC2C(O)C[C@@H](NC(=O)Cc2ccc(Cl)c(Cl)c2)C3)c1. The van der Waals surface area contributed by atoms with Crippen LogP contribution in [0.2, 0.25) is 10.0 Å². The first-order valence-corrected chi connectivity index (χ1v) is 12.3. The summed E-state index contributed by atoms with van der Waals surface area (Å²) < 4.78 is 5.34. The van der Waals surface area contributed by atoms with Crippen molar-refractivity contribution in [2.75, 3.05) is 20.1 Å². The molecule has 0 bridgehead atoms. The zero-order chi connectivity index (χ0) is 24.5. The molecule has 8 heteroatoms. The molecule has 1 heterocycles. The van der Waals surface area contributed by atoms with Gasteiger partial charge in [-0.1, -0.05) is 41.4 Å². The Bertz CT molecular complexity index is 1080. The fraction of sp³-hybridized carbons (Fsp3) is 0.462. The van der Waals surface area contributed by atoms with E-state index in [1.54, 1.807) is 24.3 Å². The summed E-state index contributed by atoms with van der Waals surface area (Å²) >= 11 is 12.1. The number of amides is 1. The predicted octanol–water partition coefficient (Wildman–Crippen LogP) is 3.99. The Morgan fingerprint density at radius 1 is 1.21 bits per heavy atom. The van der Waals surface area contributed by atoms with Gasteiger partial charge in [-0.25, -0.2) is 0 Å². The third-order valence-corrected chi connectivity index (χ3v) is 7.88. The minimum Gasteiger partial charge on any atom is -0.427 e. The van der Waals surface area contributed by atoms with Gasteiger partial charge in [-0.05, 0) is 68.2 Å². The standard InChI is InChI=1S/C26H30Cl2N2O4/c1-16(31)34-20-5-3-4-18(12-20)26-8-9-30(2)15-21(26)24(32)13-19(14-26)29-25(33)11-17-6-7-22(27)23(28)10-17/h3-7,10,12,19,21,24,32H,8-9,11,13-15H2,1-2H3,(H,29,33)/t19-,21?,24?,26?/m1/s1. The highest BCUT2D eigenvalue weighted by Crippen LogP contribution is 2.49. The second kappa shape index (κ2) is 10.2. The van der Waals surface area contributed by atoms with Crippen molar-refractivity contribution < 1.29 is 19.4 Å². The molecule has 1 saturated heterocycles. The molecular weight excluding hydrogens is 475 g/mol. The number of hydrogen-bond donors (Lipinski definition) is 2. The second-order valence-corrected chi connectivity index (χ2v) is 10.4. The molecule has 0 aromatic heterocycles. The van der Waals surface area contributed by atoms with Crippen LogP contribution < -0.4 is 10.1 Å². The van der Waals surface area contributed by atoms with E-state index < -0.39 is 6.10 Å². The number of aliphatic hydroxyl groups is 1. The van der Waals surface area contributed by atoms with Gasteiger partial charge in [0.15, 0.2) is 0 Å². The van der Waals surface area contributed by atoms with Crippen molar-refractivity contribution in [3.05, 3.63) is 63.6 Å². The zero-order valence-corrected chi connectivity index (χ0v) is 20.9. The van der Waals surface area contributed by atoms with Gasteiger partial charge in [-0.15, -0.1) is 0 Å². The highest BCUT2D eigenvalue weighted by Gasteiger charge is 2.51. The summed E-state index contributed by atoms with van der Waals surface area (Å²) in [4.78, 5) is 26.6. The summed E-state index contributed by atoms with van der Waals surface area (Å²) in [6.45, 7) is 3.03. The molecule has 1 aliphatic heterocycles. The lowest BCUT2D eigenvalue weighted by Crippen LogP contribution is -2.60. The number of carbonyl (C=O) groups is 2. The number of hydrogen-bond acceptors (Lipinski definition) is 5. The van der Waals surface area contributed by atoms with Gasteiger partial charge in [0.2, 0.25) is 5.91 Å². The minimum absolute atomic E-state index is 0.0158. The highest BCUT2D eigenvalue weighted by molar-refractivity contribution is 6.42. The Labute approximate surface area is 210 Å². The lowest BCUT2D eigenvalue weighted by molar-refractivity contribution is -0.132. The van der Waals surface area contributed by atoms with Crippen molar-refractivity contribution in [2.45, 2.75) is 50.2 Å². The van der Waals surface area contributed by atoms with Crippen molar-refractivity contribution in [1.29, 1.82) is 0 Å². The monoisotopic (exact) mass is 504 g/mol. The molecule has 1 aliphatic carbocycles. The van der Waals surface area contributed by atoms with Gasteiger partial charge in [0.05, 0.1) is 22.6 Å². The Kier molecular flexibility index (Phi) is 7.53. The first kappa shape index (κ1) is 25.0. The molecule has 34 heavy (non-hydrogen) atoms. The maximum Gasteiger partial charge on any atom is 0.308 e. The molecule has 182 valence electrons. The van der Waals surface area contributed by atoms with Crippen LogP contribution in [-0.2, 0) is 21.4 Å². The van der Waals surface area contributed by atoms with Crippen molar-refractivity contribution in [3.63, 3.8) is 0 Å². The van der Waals surface area contributed by atoms with Crippen molar-refractivity contribution in [2.24, 2.45) is 5.92 Å². The molecule has 6 nitrogen and oxygen atoms in total. The Balaban J connectivity index is 1.57. The van der Waals surface area contributed by atoms with E-state index in [4.69, 9.17) is 27.9 Å². The van der Waals surface area contributed by atoms with Crippen LogP contribution in [0, 0.1) is 5.92 Å². The maximum atomic E-state index is 12.9. The average molecular weight is 505 g/mol. The molecule has 0 radical (unpaired) electrons. The van der Waals surface area contributed by atoms with Crippen LogP contribution >= 0.6 is 23.2 Å². The third-order valence-electron chi connectivity index (χ3n) is 7.14. The fourth-order valence-corrected chi connectivity index (χ4v) is 5.96. The number of aliphatic hydroxyl groups excluding tert-OH is 1. The summed E-state index contributed by atoms with van der Waals surface area (Å²) in [7, 11) is 2.07. The Morgan fingerprint density at radius 3 is 2.74 bits per heavy atom. The Morgan fingerprint density at radius 2 is 2.00 bits per heavy atom. The highest BCUT2D eigenvalue weighted by atomic mass is 35.5. The van der Waals surface area contributed by atoms with Gasteiger partial charge in [0, 0.05) is 30.8 Å². The van der Waals surface area contributed by atoms with Gasteiger partial charge in [-0.2, -0.15) is 0 Å². The normalized spacial score (nSPS) is 27.0. The topological polar surface area (TPSA) is 78.9 Å². The average Bonchev–Trinajstić information content (AvgIpc) is 2.77. The van der Waals surface area contributed by atoms with Gasteiger partial charge in [0.25, 0.3) is 0 Å². The summed E-state index contributed by atoms with van der Waals surface area (Å²) in [6, 6.07) is 12.6. The first-order chi connectivity index (χ1) is 16.2. The molecule has 2 N–H and O–H groups in total. The van der Waals surface area contributed by atoms with Gasteiger partial charge < -0.3 is 20.1 Å². The summed E-state index contributed by atoms with van der Waals surface area (Å²) in [5, 5.41) is 15.2. The number of carbonyl (C=O) groups excluding carboxylic acids is 2. The smallest absolute Gasteiger partial charge is 0.308 e. The summed E-state index contributed by atoms with van der Waals surface area (Å²) in [5.74, 6) is 0.0239. The maximum absolute atomic E-state index is 12.9. The molecule has 1 saturated carbocycles. The van der Waals surface area contributed by atoms with Crippen LogP contribution in [0.25, 0.3) is 0 Å². The lowest BCUT2D eigenvalue weighted by atomic mass is 9.57. The number of esters is 1. The number of halogens is 2. The van der Waals surface area contributed by atoms with Gasteiger partial charge in [-0.3, -0.25) is 9.59 Å². The van der Waals surface area contributed by atoms with E-state index in [0.29, 0.717) is 28.6 Å². The molecular formula is C26H30Cl2N2O4. The molecule has 2 aliphatic rings. The van der Waals surface area contributed by atoms with Crippen LogP contribution in [0.3, 0.4) is 0 Å². The zero-order valence-electron chi connectivity index (χ0n) is 19.4. The lowest BCUT2D eigenvalue weighted by Gasteiger charge is -2.54. The molecule has 1 amide bonds. The van der Waals surface area contributed by atoms with E-state index in [0.717, 1.165) is 30.6 Å². The predicted molar refractivity (Wildman–Crippen MR) is 132 cm³/mol.